The smallest absolute Gasteiger partial charge is 0.160 e. The Hall–Kier alpha value is -1.17. The molecule has 7 heteroatoms. The van der Waals surface area contributed by atoms with E-state index in [0.717, 1.165) is 22.7 Å². The van der Waals surface area contributed by atoms with Crippen LogP contribution in [-0.4, -0.2) is 25.4 Å². The SMILES string of the molecule is ClCCc1nc2cc(Cl)cnc2n1Cc1cscn1. The van der Waals surface area contributed by atoms with Crippen LogP contribution in [0.15, 0.2) is 23.2 Å². The minimum absolute atomic E-state index is 0.522. The first kappa shape index (κ1) is 12.8. The molecule has 0 amide bonds. The Kier molecular flexibility index (Phi) is 3.68. The first-order chi connectivity index (χ1) is 9.28. The first-order valence-electron chi connectivity index (χ1n) is 5.71. The fraction of sp³-hybridized carbons (Fsp3) is 0.250. The van der Waals surface area contributed by atoms with Gasteiger partial charge in [0.1, 0.15) is 11.3 Å². The molecule has 0 aliphatic heterocycles. The molecule has 0 fully saturated rings. The molecule has 0 aromatic carbocycles. The molecule has 0 saturated carbocycles. The number of hydrogen-bond acceptors (Lipinski definition) is 4. The molecule has 98 valence electrons. The van der Waals surface area contributed by atoms with E-state index in [-0.39, 0.29) is 0 Å². The minimum Gasteiger partial charge on any atom is -0.307 e. The quantitative estimate of drug-likeness (QED) is 0.694. The summed E-state index contributed by atoms with van der Waals surface area (Å²) in [6, 6.07) is 1.82. The van der Waals surface area contributed by atoms with Gasteiger partial charge in [-0.2, -0.15) is 0 Å². The number of hydrogen-bond donors (Lipinski definition) is 0. The lowest BCUT2D eigenvalue weighted by Gasteiger charge is -2.05. The summed E-state index contributed by atoms with van der Waals surface area (Å²) < 4.78 is 2.04. The number of halogens is 2. The average molecular weight is 313 g/mol. The Balaban J connectivity index is 2.10. The number of thiazole rings is 1. The highest BCUT2D eigenvalue weighted by Gasteiger charge is 2.13. The molecule has 3 aromatic heterocycles. The Morgan fingerprint density at radius 1 is 1.32 bits per heavy atom. The lowest BCUT2D eigenvalue weighted by molar-refractivity contribution is 0.735. The molecule has 0 spiro atoms. The molecular weight excluding hydrogens is 303 g/mol. The lowest BCUT2D eigenvalue weighted by Crippen LogP contribution is -2.06. The molecule has 0 unspecified atom stereocenters. The molecule has 0 N–H and O–H groups in total. The van der Waals surface area contributed by atoms with Gasteiger partial charge in [0.2, 0.25) is 0 Å². The second-order valence-corrected chi connectivity index (χ2v) is 5.56. The van der Waals surface area contributed by atoms with Crippen molar-refractivity contribution in [2.45, 2.75) is 13.0 Å². The zero-order valence-electron chi connectivity index (χ0n) is 9.88. The highest BCUT2D eigenvalue weighted by molar-refractivity contribution is 7.07. The van der Waals surface area contributed by atoms with Gasteiger partial charge in [-0.3, -0.25) is 0 Å². The van der Waals surface area contributed by atoms with Crippen LogP contribution in [0.4, 0.5) is 0 Å². The third-order valence-corrected chi connectivity index (χ3v) is 3.78. The van der Waals surface area contributed by atoms with E-state index in [0.29, 0.717) is 23.9 Å². The van der Waals surface area contributed by atoms with Crippen LogP contribution in [-0.2, 0) is 13.0 Å². The van der Waals surface area contributed by atoms with Gasteiger partial charge in [-0.05, 0) is 6.07 Å². The number of pyridine rings is 1. The van der Waals surface area contributed by atoms with Crippen LogP contribution in [0, 0.1) is 0 Å². The molecule has 0 aliphatic carbocycles. The highest BCUT2D eigenvalue weighted by atomic mass is 35.5. The van der Waals surface area contributed by atoms with Gasteiger partial charge in [-0.25, -0.2) is 15.0 Å². The predicted molar refractivity (Wildman–Crippen MR) is 78.2 cm³/mol. The summed E-state index contributed by atoms with van der Waals surface area (Å²) in [6.45, 7) is 0.654. The summed E-state index contributed by atoms with van der Waals surface area (Å²) in [7, 11) is 0. The fourth-order valence-electron chi connectivity index (χ4n) is 1.95. The number of aryl methyl sites for hydroxylation is 1. The van der Waals surface area contributed by atoms with Crippen molar-refractivity contribution >= 4 is 45.7 Å². The van der Waals surface area contributed by atoms with Crippen LogP contribution < -0.4 is 0 Å². The molecule has 19 heavy (non-hydrogen) atoms. The van der Waals surface area contributed by atoms with Crippen molar-refractivity contribution < 1.29 is 0 Å². The summed E-state index contributed by atoms with van der Waals surface area (Å²) in [5.74, 6) is 1.43. The summed E-state index contributed by atoms with van der Waals surface area (Å²) >= 11 is 13.4. The third kappa shape index (κ3) is 2.59. The standard InChI is InChI=1S/C12H10Cl2N4S/c13-2-1-11-17-10-3-8(14)4-15-12(10)18(11)5-9-6-19-7-16-9/h3-4,6-7H,1-2,5H2. The number of nitrogens with zero attached hydrogens (tertiary/aromatic N) is 4. The topological polar surface area (TPSA) is 43.6 Å². The Morgan fingerprint density at radius 3 is 2.95 bits per heavy atom. The second kappa shape index (κ2) is 5.45. The van der Waals surface area contributed by atoms with Crippen molar-refractivity contribution in [3.63, 3.8) is 0 Å². The molecule has 3 heterocycles. The molecule has 0 saturated heterocycles. The van der Waals surface area contributed by atoms with Crippen LogP contribution in [0.5, 0.6) is 0 Å². The summed E-state index contributed by atoms with van der Waals surface area (Å²) in [6.07, 6.45) is 2.33. The summed E-state index contributed by atoms with van der Waals surface area (Å²) in [5.41, 5.74) is 4.43. The monoisotopic (exact) mass is 312 g/mol. The lowest BCUT2D eigenvalue weighted by atomic mass is 10.4. The van der Waals surface area contributed by atoms with E-state index in [1.54, 1.807) is 17.5 Å². The summed E-state index contributed by atoms with van der Waals surface area (Å²) in [5, 5.41) is 2.61. The van der Waals surface area contributed by atoms with Gasteiger partial charge < -0.3 is 4.57 Å². The molecular formula is C12H10Cl2N4S. The maximum absolute atomic E-state index is 5.95. The predicted octanol–water partition coefficient (Wildman–Crippen LogP) is 3.37. The van der Waals surface area contributed by atoms with Crippen molar-refractivity contribution in [1.29, 1.82) is 0 Å². The summed E-state index contributed by atoms with van der Waals surface area (Å²) in [4.78, 5) is 13.2. The zero-order valence-corrected chi connectivity index (χ0v) is 12.2. The van der Waals surface area contributed by atoms with E-state index in [2.05, 4.69) is 15.0 Å². The molecule has 3 aromatic rings. The largest absolute Gasteiger partial charge is 0.307 e. The Labute approximate surface area is 124 Å². The molecule has 0 radical (unpaired) electrons. The second-order valence-electron chi connectivity index (χ2n) is 4.03. The van der Waals surface area contributed by atoms with E-state index in [1.807, 2.05) is 21.5 Å². The number of imidazole rings is 1. The van der Waals surface area contributed by atoms with E-state index in [9.17, 15) is 0 Å². The van der Waals surface area contributed by atoms with E-state index in [1.165, 1.54) is 0 Å². The molecule has 0 atom stereocenters. The highest BCUT2D eigenvalue weighted by Crippen LogP contribution is 2.20. The van der Waals surface area contributed by atoms with Gasteiger partial charge in [-0.1, -0.05) is 11.6 Å². The molecule has 0 bridgehead atoms. The van der Waals surface area contributed by atoms with Crippen LogP contribution >= 0.6 is 34.5 Å². The van der Waals surface area contributed by atoms with Crippen LogP contribution in [0.3, 0.4) is 0 Å². The van der Waals surface area contributed by atoms with E-state index < -0.39 is 0 Å². The third-order valence-electron chi connectivity index (χ3n) is 2.75. The maximum Gasteiger partial charge on any atom is 0.160 e. The molecule has 0 aliphatic rings. The van der Waals surface area contributed by atoms with Crippen molar-refractivity contribution in [3.05, 3.63) is 39.7 Å². The number of rotatable bonds is 4. The van der Waals surface area contributed by atoms with Gasteiger partial charge in [-0.15, -0.1) is 22.9 Å². The average Bonchev–Trinajstić information content (AvgIpc) is 2.99. The normalized spacial score (nSPS) is 11.3. The van der Waals surface area contributed by atoms with Gasteiger partial charge >= 0.3 is 0 Å². The van der Waals surface area contributed by atoms with Gasteiger partial charge in [0, 0.05) is 23.9 Å². The van der Waals surface area contributed by atoms with Crippen molar-refractivity contribution in [2.75, 3.05) is 5.88 Å². The van der Waals surface area contributed by atoms with Crippen LogP contribution in [0.2, 0.25) is 5.02 Å². The Bertz CT molecular complexity index is 693. The Morgan fingerprint density at radius 2 is 2.21 bits per heavy atom. The zero-order chi connectivity index (χ0) is 13.2. The van der Waals surface area contributed by atoms with Crippen LogP contribution in [0.1, 0.15) is 11.5 Å². The van der Waals surface area contributed by atoms with E-state index >= 15 is 0 Å². The fourth-order valence-corrected chi connectivity index (χ4v) is 2.82. The van der Waals surface area contributed by atoms with Gasteiger partial charge in [0.25, 0.3) is 0 Å². The van der Waals surface area contributed by atoms with Crippen molar-refractivity contribution in [2.24, 2.45) is 0 Å². The van der Waals surface area contributed by atoms with E-state index in [4.69, 9.17) is 23.2 Å². The maximum atomic E-state index is 5.95. The minimum atomic E-state index is 0.522. The van der Waals surface area contributed by atoms with Crippen molar-refractivity contribution in [3.8, 4) is 0 Å². The van der Waals surface area contributed by atoms with Crippen LogP contribution in [0.25, 0.3) is 11.2 Å². The molecule has 3 rings (SSSR count). The number of alkyl halides is 1. The van der Waals surface area contributed by atoms with Gasteiger partial charge in [0.15, 0.2) is 5.65 Å². The molecule has 4 nitrogen and oxygen atoms in total. The first-order valence-corrected chi connectivity index (χ1v) is 7.57. The number of aromatic nitrogens is 4. The van der Waals surface area contributed by atoms with Crippen molar-refractivity contribution in [1.82, 2.24) is 19.5 Å². The number of fused-ring (bicyclic) bond motifs is 1. The van der Waals surface area contributed by atoms with Gasteiger partial charge in [0.05, 0.1) is 22.8 Å².